The lowest BCUT2D eigenvalue weighted by molar-refractivity contribution is -0.139. The molecule has 1 saturated carbocycles. The molecule has 2 aromatic carbocycles. The molecule has 0 spiro atoms. The average molecular weight is 492 g/mol. The molecule has 0 bridgehead atoms. The van der Waals surface area contributed by atoms with Crippen LogP contribution in [0.5, 0.6) is 5.75 Å². The summed E-state index contributed by atoms with van der Waals surface area (Å²) in [5, 5.41) is 9.85. The Hall–Kier alpha value is -2.28. The first-order valence-corrected chi connectivity index (χ1v) is 12.9. The zero-order valence-electron chi connectivity index (χ0n) is 20.6. The molecule has 1 aliphatic heterocycles. The van der Waals surface area contributed by atoms with Gasteiger partial charge in [0.25, 0.3) is 0 Å². The van der Waals surface area contributed by atoms with E-state index < -0.39 is 17.7 Å². The van der Waals surface area contributed by atoms with Crippen molar-refractivity contribution in [3.05, 3.63) is 41.5 Å². The number of rotatable bonds is 7. The molecule has 1 N–H and O–H groups in total. The van der Waals surface area contributed by atoms with Crippen LogP contribution in [-0.4, -0.2) is 35.2 Å². The molecule has 2 fully saturated rings. The third-order valence-corrected chi connectivity index (χ3v) is 8.00. The van der Waals surface area contributed by atoms with Crippen LogP contribution in [0.1, 0.15) is 82.4 Å². The molecule has 192 valence electrons. The summed E-state index contributed by atoms with van der Waals surface area (Å²) in [6.45, 7) is 5.74. The van der Waals surface area contributed by atoms with Crippen molar-refractivity contribution in [2.75, 3.05) is 13.1 Å². The van der Waals surface area contributed by atoms with Gasteiger partial charge in [0.2, 0.25) is 0 Å². The third-order valence-electron chi connectivity index (χ3n) is 8.00. The first-order chi connectivity index (χ1) is 16.7. The number of nitrogens with zero attached hydrogens (tertiary/aromatic N) is 1. The minimum absolute atomic E-state index is 0.00462. The molecule has 4 rings (SSSR count). The summed E-state index contributed by atoms with van der Waals surface area (Å²) in [4.78, 5) is 13.4. The quantitative estimate of drug-likeness (QED) is 0.437. The summed E-state index contributed by atoms with van der Waals surface area (Å²) in [6.07, 6.45) is 1.98. The molecule has 2 aromatic rings. The van der Waals surface area contributed by atoms with Crippen molar-refractivity contribution >= 4 is 16.7 Å². The lowest BCUT2D eigenvalue weighted by Crippen LogP contribution is -2.37. The summed E-state index contributed by atoms with van der Waals surface area (Å²) in [5.41, 5.74) is 0.250. The van der Waals surface area contributed by atoms with Crippen molar-refractivity contribution in [2.24, 2.45) is 11.8 Å². The first kappa shape index (κ1) is 25.8. The lowest BCUT2D eigenvalue weighted by Gasteiger charge is -2.36. The minimum atomic E-state index is -4.51. The van der Waals surface area contributed by atoms with E-state index in [9.17, 15) is 18.0 Å². The second kappa shape index (κ2) is 10.8. The minimum Gasteiger partial charge on any atom is -0.490 e. The number of alkyl halides is 3. The number of likely N-dealkylation sites (tertiary alicyclic amines) is 1. The lowest BCUT2D eigenvalue weighted by atomic mass is 9.86. The number of hydrogen-bond acceptors (Lipinski definition) is 3. The number of aliphatic carboxylic acids is 1. The summed E-state index contributed by atoms with van der Waals surface area (Å²) in [6, 6.07) is 8.40. The number of carboxylic acid groups (broad SMARTS) is 1. The highest BCUT2D eigenvalue weighted by Gasteiger charge is 2.37. The summed E-state index contributed by atoms with van der Waals surface area (Å²) < 4.78 is 48.6. The van der Waals surface area contributed by atoms with Gasteiger partial charge < -0.3 is 9.84 Å². The Balaban J connectivity index is 1.57. The normalized spacial score (nSPS) is 24.9. The Morgan fingerprint density at radius 1 is 1.11 bits per heavy atom. The van der Waals surface area contributed by atoms with E-state index in [0.29, 0.717) is 17.8 Å². The number of halogens is 3. The maximum absolute atomic E-state index is 14.2. The highest BCUT2D eigenvalue weighted by molar-refractivity contribution is 5.89. The molecule has 1 aliphatic carbocycles. The molecule has 0 amide bonds. The molecule has 0 aromatic heterocycles. The van der Waals surface area contributed by atoms with Gasteiger partial charge in [-0.15, -0.1) is 0 Å². The summed E-state index contributed by atoms with van der Waals surface area (Å²) in [7, 11) is 0. The van der Waals surface area contributed by atoms with Gasteiger partial charge in [0.15, 0.2) is 0 Å². The Bertz CT molecular complexity index is 1030. The predicted molar refractivity (Wildman–Crippen MR) is 131 cm³/mol. The van der Waals surface area contributed by atoms with Gasteiger partial charge in [0, 0.05) is 19.0 Å². The molecule has 1 heterocycles. The number of ether oxygens (including phenoxy) is 1. The van der Waals surface area contributed by atoms with Crippen LogP contribution in [0.25, 0.3) is 10.8 Å². The van der Waals surface area contributed by atoms with Crippen LogP contribution in [-0.2, 0) is 11.0 Å². The Morgan fingerprint density at radius 3 is 2.51 bits per heavy atom. The maximum Gasteiger partial charge on any atom is 0.420 e. The number of piperidine rings is 1. The molecular formula is C28H36F3NO3. The predicted octanol–water partition coefficient (Wildman–Crippen LogP) is 7.45. The van der Waals surface area contributed by atoms with Crippen molar-refractivity contribution in [2.45, 2.75) is 83.5 Å². The highest BCUT2D eigenvalue weighted by Crippen LogP contribution is 2.43. The van der Waals surface area contributed by atoms with Gasteiger partial charge in [-0.2, -0.15) is 13.2 Å². The molecular weight excluding hydrogens is 455 g/mol. The van der Waals surface area contributed by atoms with Crippen molar-refractivity contribution in [3.8, 4) is 5.75 Å². The monoisotopic (exact) mass is 491 g/mol. The maximum atomic E-state index is 14.2. The van der Waals surface area contributed by atoms with Crippen LogP contribution in [0, 0.1) is 11.8 Å². The molecule has 0 radical (unpaired) electrons. The number of carboxylic acids is 1. The smallest absolute Gasteiger partial charge is 0.420 e. The van der Waals surface area contributed by atoms with Gasteiger partial charge in [-0.1, -0.05) is 31.5 Å². The second-order valence-electron chi connectivity index (χ2n) is 10.4. The van der Waals surface area contributed by atoms with E-state index in [1.807, 2.05) is 13.0 Å². The molecule has 7 heteroatoms. The fourth-order valence-corrected chi connectivity index (χ4v) is 5.89. The van der Waals surface area contributed by atoms with Crippen LogP contribution in [0.4, 0.5) is 13.2 Å². The van der Waals surface area contributed by atoms with Crippen molar-refractivity contribution in [3.63, 3.8) is 0 Å². The van der Waals surface area contributed by atoms with Crippen molar-refractivity contribution in [1.29, 1.82) is 0 Å². The molecule has 2 atom stereocenters. The van der Waals surface area contributed by atoms with E-state index >= 15 is 0 Å². The van der Waals surface area contributed by atoms with Gasteiger partial charge in [-0.3, -0.25) is 9.69 Å². The average Bonchev–Trinajstić information content (AvgIpc) is 2.82. The SMILES string of the molecule is CCC1CCC(Oc2ccc3cc(C(C)N4CCCC(CC(=O)O)C4)ccc3c2C(F)(F)F)CC1. The standard InChI is InChI=1S/C28H36F3NO3/c1-3-19-6-10-23(11-7-19)35-25-13-9-22-16-21(8-12-24(22)27(25)28(29,30)31)18(2)32-14-4-5-20(17-32)15-26(33)34/h8-9,12-13,16,18-20,23H,3-7,10-11,14-15,17H2,1-2H3,(H,33,34). The topological polar surface area (TPSA) is 49.8 Å². The third kappa shape index (κ3) is 6.11. The van der Waals surface area contributed by atoms with Gasteiger partial charge >= 0.3 is 12.1 Å². The highest BCUT2D eigenvalue weighted by atomic mass is 19.4. The first-order valence-electron chi connectivity index (χ1n) is 12.9. The second-order valence-corrected chi connectivity index (χ2v) is 10.4. The number of carbonyl (C=O) groups is 1. The van der Waals surface area contributed by atoms with E-state index in [1.54, 1.807) is 18.2 Å². The largest absolute Gasteiger partial charge is 0.490 e. The van der Waals surface area contributed by atoms with E-state index in [4.69, 9.17) is 9.84 Å². The molecule has 2 unspecified atom stereocenters. The molecule has 4 nitrogen and oxygen atoms in total. The molecule has 2 aliphatic rings. The van der Waals surface area contributed by atoms with E-state index in [-0.39, 0.29) is 35.6 Å². The molecule has 1 saturated heterocycles. The Labute approximate surface area is 205 Å². The number of benzene rings is 2. The van der Waals surface area contributed by atoms with Crippen LogP contribution in [0.15, 0.2) is 30.3 Å². The van der Waals surface area contributed by atoms with Gasteiger partial charge in [-0.05, 0) is 92.3 Å². The zero-order chi connectivity index (χ0) is 25.2. The van der Waals surface area contributed by atoms with Gasteiger partial charge in [-0.25, -0.2) is 0 Å². The summed E-state index contributed by atoms with van der Waals surface area (Å²) >= 11 is 0. The van der Waals surface area contributed by atoms with Crippen molar-refractivity contribution in [1.82, 2.24) is 4.90 Å². The van der Waals surface area contributed by atoms with Crippen LogP contribution in [0.3, 0.4) is 0 Å². The van der Waals surface area contributed by atoms with Crippen LogP contribution < -0.4 is 4.74 Å². The van der Waals surface area contributed by atoms with Gasteiger partial charge in [0.05, 0.1) is 6.10 Å². The molecule has 35 heavy (non-hydrogen) atoms. The number of hydrogen-bond donors (Lipinski definition) is 1. The van der Waals surface area contributed by atoms with Crippen LogP contribution >= 0.6 is 0 Å². The van der Waals surface area contributed by atoms with E-state index in [1.165, 1.54) is 6.07 Å². The summed E-state index contributed by atoms with van der Waals surface area (Å²) in [5.74, 6) is -0.106. The fourth-order valence-electron chi connectivity index (χ4n) is 5.89. The Morgan fingerprint density at radius 2 is 1.86 bits per heavy atom. The number of fused-ring (bicyclic) bond motifs is 1. The van der Waals surface area contributed by atoms with Gasteiger partial charge in [0.1, 0.15) is 11.3 Å². The van der Waals surface area contributed by atoms with E-state index in [0.717, 1.165) is 57.1 Å². The Kier molecular flexibility index (Phi) is 7.94. The van der Waals surface area contributed by atoms with E-state index in [2.05, 4.69) is 11.8 Å². The zero-order valence-corrected chi connectivity index (χ0v) is 20.6. The van der Waals surface area contributed by atoms with Crippen LogP contribution in [0.2, 0.25) is 0 Å². The van der Waals surface area contributed by atoms with Crippen molar-refractivity contribution < 1.29 is 27.8 Å². The fraction of sp³-hybridized carbons (Fsp3) is 0.607.